The van der Waals surface area contributed by atoms with E-state index in [0.29, 0.717) is 23.7 Å². The Balaban J connectivity index is 0.976. The van der Waals surface area contributed by atoms with Crippen molar-refractivity contribution in [3.63, 3.8) is 0 Å². The van der Waals surface area contributed by atoms with Gasteiger partial charge < -0.3 is 30.3 Å². The van der Waals surface area contributed by atoms with Gasteiger partial charge in [0.15, 0.2) is 0 Å². The van der Waals surface area contributed by atoms with Crippen molar-refractivity contribution in [3.05, 3.63) is 105 Å². The second kappa shape index (κ2) is 21.8. The highest BCUT2D eigenvalue weighted by Crippen LogP contribution is 2.37. The van der Waals surface area contributed by atoms with Crippen LogP contribution in [0.5, 0.6) is 0 Å². The number of hydrogen-bond acceptors (Lipinski definition) is 10. The Bertz CT molecular complexity index is 2560. The third-order valence-electron chi connectivity index (χ3n) is 12.3. The summed E-state index contributed by atoms with van der Waals surface area (Å²) in [6.07, 6.45) is 1.71. The molecule has 0 radical (unpaired) electrons. The standard InChI is InChI=1S/C51H63ClN8O5S/c1-10-58(40-21-20-39(27-53)42(52)25-40)43-24-38(15-14-31(43)2)46-33(4)57-60(35(46)6)22-12-11-13-23-65-29-45(62)56-48(51(7,8)9)50(64)59-28-41(61)26-44(59)49(63)55-32(3)36-16-18-37(19-17-36)47-34(5)54-30-66-47/h14-21,24-25,30,32,41,44,48,61H,10-13,22-23,26,28-29H2,1-9H3,(H,55,63)(H,56,62)/t32-,41+,44-,48+/m0/s1. The maximum atomic E-state index is 14.1. The van der Waals surface area contributed by atoms with Gasteiger partial charge in [0.1, 0.15) is 24.8 Å². The van der Waals surface area contributed by atoms with Crippen LogP contribution in [0, 0.1) is 44.4 Å². The van der Waals surface area contributed by atoms with Crippen LogP contribution < -0.4 is 15.5 Å². The predicted octanol–water partition coefficient (Wildman–Crippen LogP) is 9.15. The van der Waals surface area contributed by atoms with Crippen LogP contribution in [-0.4, -0.2) is 87.0 Å². The number of nitrogens with zero attached hydrogens (tertiary/aromatic N) is 6. The Labute approximate surface area is 398 Å². The number of aromatic nitrogens is 3. The quantitative estimate of drug-likeness (QED) is 0.0727. The second-order valence-corrected chi connectivity index (χ2v) is 19.5. The Kier molecular flexibility index (Phi) is 16.5. The molecule has 3 heterocycles. The zero-order valence-corrected chi connectivity index (χ0v) is 41.1. The van der Waals surface area contributed by atoms with Crippen molar-refractivity contribution in [1.29, 1.82) is 5.26 Å². The number of halogens is 1. The zero-order valence-electron chi connectivity index (χ0n) is 39.6. The van der Waals surface area contributed by atoms with E-state index in [0.717, 1.165) is 87.0 Å². The van der Waals surface area contributed by atoms with Crippen molar-refractivity contribution in [3.8, 4) is 27.6 Å². The number of nitrogens with one attached hydrogen (secondary N) is 2. The van der Waals surface area contributed by atoms with Gasteiger partial charge >= 0.3 is 0 Å². The number of thiazole rings is 1. The van der Waals surface area contributed by atoms with E-state index in [9.17, 15) is 24.8 Å². The summed E-state index contributed by atoms with van der Waals surface area (Å²) in [6.45, 7) is 19.4. The second-order valence-electron chi connectivity index (χ2n) is 18.3. The summed E-state index contributed by atoms with van der Waals surface area (Å²) in [7, 11) is 0. The van der Waals surface area contributed by atoms with Gasteiger partial charge in [-0.15, -0.1) is 11.3 Å². The lowest BCUT2D eigenvalue weighted by Gasteiger charge is -2.35. The van der Waals surface area contributed by atoms with Gasteiger partial charge in [0, 0.05) is 55.3 Å². The van der Waals surface area contributed by atoms with Crippen molar-refractivity contribution in [2.45, 2.75) is 119 Å². The Morgan fingerprint density at radius 1 is 1.00 bits per heavy atom. The summed E-state index contributed by atoms with van der Waals surface area (Å²) < 4.78 is 7.83. The van der Waals surface area contributed by atoms with E-state index in [4.69, 9.17) is 21.4 Å². The highest BCUT2D eigenvalue weighted by Gasteiger charge is 2.44. The molecule has 0 saturated carbocycles. The SMILES string of the molecule is CCN(c1ccc(C#N)c(Cl)c1)c1cc(-c2c(C)nn(CCCCCOCC(=O)N[C@H](C(=O)N3C[C@H](O)C[C@H]3C(=O)N[C@@H](C)c3ccc(-c4scnc4C)cc3)C(C)(C)C)c2C)ccc1C. The zero-order chi connectivity index (χ0) is 47.9. The van der Waals surface area contributed by atoms with Crippen LogP contribution in [0.3, 0.4) is 0 Å². The molecule has 6 rings (SSSR count). The first kappa shape index (κ1) is 49.8. The minimum Gasteiger partial charge on any atom is -0.391 e. The lowest BCUT2D eigenvalue weighted by atomic mass is 9.85. The van der Waals surface area contributed by atoms with Crippen LogP contribution in [-0.2, 0) is 25.7 Å². The third-order valence-corrected chi connectivity index (χ3v) is 13.6. The minimum absolute atomic E-state index is 0.00620. The maximum Gasteiger partial charge on any atom is 0.246 e. The number of carbonyl (C=O) groups excluding carboxylic acids is 3. The van der Waals surface area contributed by atoms with Crippen LogP contribution in [0.4, 0.5) is 11.4 Å². The first-order valence-corrected chi connectivity index (χ1v) is 24.0. The topological polar surface area (TPSA) is 166 Å². The third kappa shape index (κ3) is 11.7. The molecule has 1 fully saturated rings. The molecular weight excluding hydrogens is 872 g/mol. The molecule has 1 aliphatic heterocycles. The number of nitriles is 1. The number of likely N-dealkylation sites (tertiary alicyclic amines) is 1. The number of aryl methyl sites for hydroxylation is 4. The molecule has 15 heteroatoms. The number of aliphatic hydroxyl groups is 1. The van der Waals surface area contributed by atoms with Crippen molar-refractivity contribution >= 4 is 52.0 Å². The molecule has 1 saturated heterocycles. The number of anilines is 2. The average molecular weight is 936 g/mol. The van der Waals surface area contributed by atoms with Gasteiger partial charge in [-0.1, -0.05) is 68.8 Å². The van der Waals surface area contributed by atoms with E-state index < -0.39 is 35.4 Å². The molecule has 66 heavy (non-hydrogen) atoms. The average Bonchev–Trinajstić information content (AvgIpc) is 3.98. The van der Waals surface area contributed by atoms with Gasteiger partial charge in [-0.05, 0) is 113 Å². The minimum atomic E-state index is -0.946. The van der Waals surface area contributed by atoms with E-state index >= 15 is 0 Å². The van der Waals surface area contributed by atoms with Gasteiger partial charge in [0.25, 0.3) is 0 Å². The molecule has 350 valence electrons. The maximum absolute atomic E-state index is 14.1. The van der Waals surface area contributed by atoms with E-state index in [1.165, 1.54) is 4.90 Å². The summed E-state index contributed by atoms with van der Waals surface area (Å²) in [6, 6.07) is 19.9. The van der Waals surface area contributed by atoms with Gasteiger partial charge in [0.05, 0.1) is 44.5 Å². The molecule has 1 aliphatic rings. The summed E-state index contributed by atoms with van der Waals surface area (Å²) in [5.41, 5.74) is 11.8. The summed E-state index contributed by atoms with van der Waals surface area (Å²) in [5, 5.41) is 31.3. The smallest absolute Gasteiger partial charge is 0.246 e. The molecule has 0 unspecified atom stereocenters. The molecule has 13 nitrogen and oxygen atoms in total. The fraction of sp³-hybridized carbons (Fsp3) is 0.451. The number of benzene rings is 3. The molecule has 0 spiro atoms. The monoisotopic (exact) mass is 934 g/mol. The highest BCUT2D eigenvalue weighted by atomic mass is 35.5. The van der Waals surface area contributed by atoms with Gasteiger partial charge in [-0.25, -0.2) is 4.98 Å². The predicted molar refractivity (Wildman–Crippen MR) is 262 cm³/mol. The number of β-amino-alcohol motifs (C(OH)–C–C–N with tert-alkyl or cyclic N) is 1. The fourth-order valence-electron chi connectivity index (χ4n) is 8.67. The van der Waals surface area contributed by atoms with E-state index in [2.05, 4.69) is 70.2 Å². The Morgan fingerprint density at radius 3 is 2.38 bits per heavy atom. The molecule has 5 aromatic rings. The molecule has 3 aromatic carbocycles. The summed E-state index contributed by atoms with van der Waals surface area (Å²) >= 11 is 7.99. The van der Waals surface area contributed by atoms with Crippen molar-refractivity contribution in [2.75, 3.05) is 31.2 Å². The van der Waals surface area contributed by atoms with Crippen molar-refractivity contribution < 1.29 is 24.2 Å². The highest BCUT2D eigenvalue weighted by molar-refractivity contribution is 7.13. The number of rotatable bonds is 18. The molecule has 3 N–H and O–H groups in total. The number of aliphatic hydroxyl groups excluding tert-OH is 1. The molecular formula is C51H63ClN8O5S. The summed E-state index contributed by atoms with van der Waals surface area (Å²) in [5.74, 6) is -1.20. The normalized spacial score (nSPS) is 15.9. The van der Waals surface area contributed by atoms with Crippen LogP contribution in [0.1, 0.15) is 100 Å². The lowest BCUT2D eigenvalue weighted by molar-refractivity contribution is -0.144. The van der Waals surface area contributed by atoms with Crippen molar-refractivity contribution in [2.24, 2.45) is 5.41 Å². The lowest BCUT2D eigenvalue weighted by Crippen LogP contribution is -2.58. The van der Waals surface area contributed by atoms with Gasteiger partial charge in [-0.3, -0.25) is 19.1 Å². The van der Waals surface area contributed by atoms with E-state index in [1.54, 1.807) is 17.4 Å². The molecule has 3 amide bonds. The molecule has 0 bridgehead atoms. The fourth-order valence-corrected chi connectivity index (χ4v) is 9.70. The number of carbonyl (C=O) groups is 3. The first-order valence-electron chi connectivity index (χ1n) is 22.7. The Morgan fingerprint density at radius 2 is 1.73 bits per heavy atom. The molecule has 4 atom stereocenters. The van der Waals surface area contributed by atoms with E-state index in [1.807, 2.05) is 83.5 Å². The molecule has 2 aromatic heterocycles. The Hall–Kier alpha value is -5.59. The van der Waals surface area contributed by atoms with Gasteiger partial charge in [0.2, 0.25) is 17.7 Å². The number of hydrogen-bond donors (Lipinski definition) is 3. The van der Waals surface area contributed by atoms with Crippen LogP contribution in [0.2, 0.25) is 5.02 Å². The first-order chi connectivity index (χ1) is 31.4. The summed E-state index contributed by atoms with van der Waals surface area (Å²) in [4.78, 5) is 50.0. The van der Waals surface area contributed by atoms with Crippen LogP contribution in [0.15, 0.2) is 66.2 Å². The van der Waals surface area contributed by atoms with Gasteiger partial charge in [-0.2, -0.15) is 10.4 Å². The number of amides is 3. The molecule has 0 aliphatic carbocycles. The van der Waals surface area contributed by atoms with Crippen LogP contribution in [0.25, 0.3) is 21.6 Å². The largest absolute Gasteiger partial charge is 0.391 e. The van der Waals surface area contributed by atoms with Crippen LogP contribution >= 0.6 is 22.9 Å². The number of ether oxygens (including phenoxy) is 1. The van der Waals surface area contributed by atoms with E-state index in [-0.39, 0.29) is 31.5 Å². The number of unbranched alkanes of at least 4 members (excludes halogenated alkanes) is 2. The van der Waals surface area contributed by atoms with Crippen molar-refractivity contribution in [1.82, 2.24) is 30.3 Å².